The van der Waals surface area contributed by atoms with Crippen LogP contribution in [0.5, 0.6) is 0 Å². The minimum atomic E-state index is -2.35. The van der Waals surface area contributed by atoms with Gasteiger partial charge in [-0.05, 0) is 31.5 Å². The van der Waals surface area contributed by atoms with Gasteiger partial charge in [-0.3, -0.25) is 0 Å². The highest BCUT2D eigenvalue weighted by Gasteiger charge is 2.17. The van der Waals surface area contributed by atoms with Crippen molar-refractivity contribution < 1.29 is 8.78 Å². The van der Waals surface area contributed by atoms with E-state index < -0.39 is 12.5 Å². The molecule has 0 amide bonds. The van der Waals surface area contributed by atoms with Gasteiger partial charge >= 0.3 is 0 Å². The third-order valence-electron chi connectivity index (χ3n) is 2.26. The minimum Gasteiger partial charge on any atom is -0.302 e. The Morgan fingerprint density at radius 2 is 1.67 bits per heavy atom. The number of hydrogen-bond donors (Lipinski definition) is 1. The molecule has 84 valence electrons. The van der Waals surface area contributed by atoms with E-state index in [4.69, 9.17) is 11.6 Å². The summed E-state index contributed by atoms with van der Waals surface area (Å²) in [7, 11) is 0. The zero-order chi connectivity index (χ0) is 11.4. The molecule has 0 saturated heterocycles. The van der Waals surface area contributed by atoms with Crippen LogP contribution < -0.4 is 5.32 Å². The molecule has 0 aromatic heterocycles. The van der Waals surface area contributed by atoms with Crippen LogP contribution in [0.1, 0.15) is 25.5 Å². The van der Waals surface area contributed by atoms with Gasteiger partial charge in [0.2, 0.25) is 0 Å². The molecule has 0 spiro atoms. The van der Waals surface area contributed by atoms with Crippen LogP contribution in [-0.4, -0.2) is 12.5 Å². The summed E-state index contributed by atoms with van der Waals surface area (Å²) in [5.74, 6) is 0. The standard InChI is InChI=1S/C11H14ClF2N/c1-7(15-8(2)11(13)14)9-3-5-10(12)6-4-9/h3-8,11,15H,1-2H3/t7-,8?/m0/s1. The van der Waals surface area contributed by atoms with Gasteiger partial charge in [-0.15, -0.1) is 0 Å². The summed E-state index contributed by atoms with van der Waals surface area (Å²) >= 11 is 5.73. The number of benzene rings is 1. The lowest BCUT2D eigenvalue weighted by molar-refractivity contribution is 0.101. The monoisotopic (exact) mass is 233 g/mol. The molecule has 1 unspecified atom stereocenters. The van der Waals surface area contributed by atoms with Gasteiger partial charge in [0.05, 0.1) is 6.04 Å². The molecule has 1 aromatic carbocycles. The molecule has 0 radical (unpaired) electrons. The molecular formula is C11H14ClF2N. The largest absolute Gasteiger partial charge is 0.302 e. The fourth-order valence-electron chi connectivity index (χ4n) is 1.31. The third kappa shape index (κ3) is 3.76. The van der Waals surface area contributed by atoms with Crippen molar-refractivity contribution in [2.75, 3.05) is 0 Å². The van der Waals surface area contributed by atoms with Gasteiger partial charge in [0.1, 0.15) is 0 Å². The van der Waals surface area contributed by atoms with Crippen LogP contribution in [0.2, 0.25) is 5.02 Å². The van der Waals surface area contributed by atoms with E-state index in [-0.39, 0.29) is 6.04 Å². The van der Waals surface area contributed by atoms with Gasteiger partial charge in [-0.1, -0.05) is 23.7 Å². The zero-order valence-corrected chi connectivity index (χ0v) is 9.43. The average Bonchev–Trinajstić information content (AvgIpc) is 2.18. The second-order valence-corrected chi connectivity index (χ2v) is 4.00. The molecule has 2 atom stereocenters. The maximum Gasteiger partial charge on any atom is 0.253 e. The molecule has 0 heterocycles. The number of halogens is 3. The topological polar surface area (TPSA) is 12.0 Å². The fraction of sp³-hybridized carbons (Fsp3) is 0.455. The molecule has 0 aliphatic carbocycles. The Labute approximate surface area is 93.4 Å². The minimum absolute atomic E-state index is 0.105. The van der Waals surface area contributed by atoms with Crippen molar-refractivity contribution in [2.45, 2.75) is 32.4 Å². The number of rotatable bonds is 4. The fourth-order valence-corrected chi connectivity index (χ4v) is 1.44. The SMILES string of the molecule is CC(N[C@@H](C)c1ccc(Cl)cc1)C(F)F. The zero-order valence-electron chi connectivity index (χ0n) is 8.68. The van der Waals surface area contributed by atoms with Crippen LogP contribution >= 0.6 is 11.6 Å². The van der Waals surface area contributed by atoms with E-state index in [9.17, 15) is 8.78 Å². The van der Waals surface area contributed by atoms with Gasteiger partial charge < -0.3 is 5.32 Å². The summed E-state index contributed by atoms with van der Waals surface area (Å²) < 4.78 is 24.6. The highest BCUT2D eigenvalue weighted by atomic mass is 35.5. The maximum atomic E-state index is 12.3. The highest BCUT2D eigenvalue weighted by Crippen LogP contribution is 2.17. The van der Waals surface area contributed by atoms with Gasteiger partial charge in [0.15, 0.2) is 0 Å². The average molecular weight is 234 g/mol. The molecule has 0 fully saturated rings. The lowest BCUT2D eigenvalue weighted by Crippen LogP contribution is -2.34. The third-order valence-corrected chi connectivity index (χ3v) is 2.51. The second-order valence-electron chi connectivity index (χ2n) is 3.56. The Morgan fingerprint density at radius 3 is 2.13 bits per heavy atom. The first-order valence-corrected chi connectivity index (χ1v) is 5.18. The van der Waals surface area contributed by atoms with Crippen LogP contribution in [0, 0.1) is 0 Å². The predicted octanol–water partition coefficient (Wildman–Crippen LogP) is 3.64. The molecular weight excluding hydrogens is 220 g/mol. The normalized spacial score (nSPS) is 15.3. The first-order valence-electron chi connectivity index (χ1n) is 4.80. The molecule has 0 saturated carbocycles. The molecule has 15 heavy (non-hydrogen) atoms. The van der Waals surface area contributed by atoms with E-state index >= 15 is 0 Å². The Balaban J connectivity index is 2.61. The lowest BCUT2D eigenvalue weighted by Gasteiger charge is -2.19. The van der Waals surface area contributed by atoms with Gasteiger partial charge in [0.25, 0.3) is 6.43 Å². The molecule has 0 bridgehead atoms. The van der Waals surface area contributed by atoms with Crippen molar-refractivity contribution >= 4 is 11.6 Å². The van der Waals surface area contributed by atoms with Crippen LogP contribution in [0.25, 0.3) is 0 Å². The van der Waals surface area contributed by atoms with E-state index in [2.05, 4.69) is 5.32 Å². The van der Waals surface area contributed by atoms with E-state index in [1.807, 2.05) is 19.1 Å². The Hall–Kier alpha value is -0.670. The van der Waals surface area contributed by atoms with Crippen molar-refractivity contribution in [2.24, 2.45) is 0 Å². The van der Waals surface area contributed by atoms with Crippen molar-refractivity contribution in [3.05, 3.63) is 34.9 Å². The summed E-state index contributed by atoms with van der Waals surface area (Å²) in [4.78, 5) is 0. The van der Waals surface area contributed by atoms with E-state index in [0.717, 1.165) is 5.56 Å². The van der Waals surface area contributed by atoms with Crippen molar-refractivity contribution in [1.29, 1.82) is 0 Å². The van der Waals surface area contributed by atoms with Crippen LogP contribution in [0.15, 0.2) is 24.3 Å². The quantitative estimate of drug-likeness (QED) is 0.837. The van der Waals surface area contributed by atoms with E-state index in [1.54, 1.807) is 12.1 Å². The smallest absolute Gasteiger partial charge is 0.253 e. The highest BCUT2D eigenvalue weighted by molar-refractivity contribution is 6.30. The Morgan fingerprint density at radius 1 is 1.13 bits per heavy atom. The van der Waals surface area contributed by atoms with Gasteiger partial charge in [0, 0.05) is 11.1 Å². The van der Waals surface area contributed by atoms with Crippen molar-refractivity contribution in [3.8, 4) is 0 Å². The van der Waals surface area contributed by atoms with E-state index in [0.29, 0.717) is 5.02 Å². The Kier molecular flexibility index (Phi) is 4.48. The molecule has 1 N–H and O–H groups in total. The summed E-state index contributed by atoms with van der Waals surface area (Å²) in [6.45, 7) is 3.32. The van der Waals surface area contributed by atoms with Crippen molar-refractivity contribution in [1.82, 2.24) is 5.32 Å². The van der Waals surface area contributed by atoms with Crippen molar-refractivity contribution in [3.63, 3.8) is 0 Å². The summed E-state index contributed by atoms with van der Waals surface area (Å²) in [5.41, 5.74) is 0.951. The lowest BCUT2D eigenvalue weighted by atomic mass is 10.1. The molecule has 1 nitrogen and oxygen atoms in total. The van der Waals surface area contributed by atoms with Crippen LogP contribution in [0.3, 0.4) is 0 Å². The number of nitrogens with one attached hydrogen (secondary N) is 1. The Bertz CT molecular complexity index is 300. The van der Waals surface area contributed by atoms with E-state index in [1.165, 1.54) is 6.92 Å². The first-order chi connectivity index (χ1) is 7.00. The predicted molar refractivity (Wildman–Crippen MR) is 58.5 cm³/mol. The summed E-state index contributed by atoms with van der Waals surface area (Å²) in [5, 5.41) is 3.47. The second kappa shape index (κ2) is 5.42. The number of hydrogen-bond acceptors (Lipinski definition) is 1. The van der Waals surface area contributed by atoms with Gasteiger partial charge in [-0.25, -0.2) is 8.78 Å². The van der Waals surface area contributed by atoms with Gasteiger partial charge in [-0.2, -0.15) is 0 Å². The summed E-state index contributed by atoms with van der Waals surface area (Å²) in [6.07, 6.45) is -2.35. The van der Waals surface area contributed by atoms with Crippen LogP contribution in [-0.2, 0) is 0 Å². The van der Waals surface area contributed by atoms with Crippen LogP contribution in [0.4, 0.5) is 8.78 Å². The molecule has 0 aliphatic heterocycles. The summed E-state index contributed by atoms with van der Waals surface area (Å²) in [6, 6.07) is 6.25. The molecule has 0 aliphatic rings. The first kappa shape index (κ1) is 12.4. The number of alkyl halides is 2. The maximum absolute atomic E-state index is 12.3. The molecule has 4 heteroatoms. The molecule has 1 rings (SSSR count). The molecule has 1 aromatic rings.